The number of aromatic amines is 1. The molecule has 1 aliphatic rings. The molecule has 0 saturated carbocycles. The molecule has 3 rings (SSSR count). The van der Waals surface area contributed by atoms with Crippen LogP contribution in [0.3, 0.4) is 0 Å². The van der Waals surface area contributed by atoms with Crippen molar-refractivity contribution in [1.29, 1.82) is 0 Å². The largest absolute Gasteiger partial charge is 0.294 e. The van der Waals surface area contributed by atoms with Crippen LogP contribution in [0.4, 0.5) is 5.95 Å². The second-order valence-electron chi connectivity index (χ2n) is 6.17. The molecule has 0 spiro atoms. The van der Waals surface area contributed by atoms with Crippen molar-refractivity contribution in [3.8, 4) is 0 Å². The van der Waals surface area contributed by atoms with E-state index >= 15 is 0 Å². The summed E-state index contributed by atoms with van der Waals surface area (Å²) in [5.41, 5.74) is 1.40. The van der Waals surface area contributed by atoms with Crippen molar-refractivity contribution in [1.82, 2.24) is 20.1 Å². The third-order valence-electron chi connectivity index (χ3n) is 4.60. The molecule has 1 saturated heterocycles. The van der Waals surface area contributed by atoms with E-state index in [9.17, 15) is 4.79 Å². The number of piperidine rings is 1. The van der Waals surface area contributed by atoms with E-state index in [-0.39, 0.29) is 11.9 Å². The predicted molar refractivity (Wildman–Crippen MR) is 88.9 cm³/mol. The van der Waals surface area contributed by atoms with Crippen LogP contribution in [0.15, 0.2) is 36.7 Å². The normalized spacial score (nSPS) is 17.8. The van der Waals surface area contributed by atoms with E-state index in [4.69, 9.17) is 0 Å². The van der Waals surface area contributed by atoms with Gasteiger partial charge in [-0.3, -0.25) is 15.0 Å². The van der Waals surface area contributed by atoms with Crippen LogP contribution in [0, 0.1) is 5.92 Å². The lowest BCUT2D eigenvalue weighted by Crippen LogP contribution is -2.46. The Labute approximate surface area is 136 Å². The first-order chi connectivity index (χ1) is 11.2. The highest BCUT2D eigenvalue weighted by Gasteiger charge is 2.27. The molecule has 2 aromatic rings. The van der Waals surface area contributed by atoms with Crippen molar-refractivity contribution in [3.05, 3.63) is 42.2 Å². The van der Waals surface area contributed by atoms with Crippen molar-refractivity contribution in [2.45, 2.75) is 32.2 Å². The summed E-state index contributed by atoms with van der Waals surface area (Å²) >= 11 is 0. The van der Waals surface area contributed by atoms with Crippen molar-refractivity contribution < 1.29 is 4.79 Å². The van der Waals surface area contributed by atoms with Crippen LogP contribution in [0.2, 0.25) is 0 Å². The molecule has 0 bridgehead atoms. The number of H-pyrrole nitrogens is 1. The van der Waals surface area contributed by atoms with Crippen LogP contribution in [0.1, 0.15) is 25.3 Å². The standard InChI is InChI=1S/C17H23N5O/c1-13(16(23)20-17-18-12-19-21-17)22-9-7-15(8-10-22)11-14-5-3-2-4-6-14/h2-6,12-13,15H,7-11H2,1H3,(H2,18,19,20,21,23). The lowest BCUT2D eigenvalue weighted by Gasteiger charge is -2.35. The van der Waals surface area contributed by atoms with E-state index in [1.54, 1.807) is 0 Å². The van der Waals surface area contributed by atoms with E-state index < -0.39 is 0 Å². The van der Waals surface area contributed by atoms with Crippen LogP contribution in [0.25, 0.3) is 0 Å². The minimum Gasteiger partial charge on any atom is -0.294 e. The van der Waals surface area contributed by atoms with Gasteiger partial charge in [0.1, 0.15) is 6.33 Å². The van der Waals surface area contributed by atoms with Crippen LogP contribution in [0.5, 0.6) is 0 Å². The minimum atomic E-state index is -0.155. The first kappa shape index (κ1) is 15.7. The number of nitrogens with one attached hydrogen (secondary N) is 2. The monoisotopic (exact) mass is 313 g/mol. The molecule has 1 aromatic carbocycles. The second-order valence-corrected chi connectivity index (χ2v) is 6.17. The fraction of sp³-hybridized carbons (Fsp3) is 0.471. The molecule has 6 nitrogen and oxygen atoms in total. The number of rotatable bonds is 5. The van der Waals surface area contributed by atoms with Gasteiger partial charge in [-0.25, -0.2) is 5.10 Å². The molecule has 1 fully saturated rings. The molecule has 23 heavy (non-hydrogen) atoms. The van der Waals surface area contributed by atoms with Gasteiger partial charge in [0.25, 0.3) is 0 Å². The summed E-state index contributed by atoms with van der Waals surface area (Å²) < 4.78 is 0. The van der Waals surface area contributed by atoms with E-state index in [2.05, 4.69) is 55.7 Å². The highest BCUT2D eigenvalue weighted by molar-refractivity contribution is 5.92. The fourth-order valence-corrected chi connectivity index (χ4v) is 3.14. The van der Waals surface area contributed by atoms with Gasteiger partial charge < -0.3 is 0 Å². The third kappa shape index (κ3) is 4.16. The number of benzene rings is 1. The second kappa shape index (κ2) is 7.37. The number of hydrogen-bond donors (Lipinski definition) is 2. The van der Waals surface area contributed by atoms with Gasteiger partial charge in [0.05, 0.1) is 6.04 Å². The number of carbonyl (C=O) groups excluding carboxylic acids is 1. The van der Waals surface area contributed by atoms with Crippen molar-refractivity contribution >= 4 is 11.9 Å². The molecule has 1 unspecified atom stereocenters. The smallest absolute Gasteiger partial charge is 0.243 e. The van der Waals surface area contributed by atoms with E-state index in [1.165, 1.54) is 11.9 Å². The Hall–Kier alpha value is -2.21. The fourth-order valence-electron chi connectivity index (χ4n) is 3.14. The lowest BCUT2D eigenvalue weighted by atomic mass is 9.89. The highest BCUT2D eigenvalue weighted by Crippen LogP contribution is 2.23. The van der Waals surface area contributed by atoms with Crippen LogP contribution >= 0.6 is 0 Å². The van der Waals surface area contributed by atoms with E-state index in [0.717, 1.165) is 32.4 Å². The first-order valence-electron chi connectivity index (χ1n) is 8.16. The highest BCUT2D eigenvalue weighted by atomic mass is 16.2. The van der Waals surface area contributed by atoms with Gasteiger partial charge in [-0.2, -0.15) is 10.1 Å². The van der Waals surface area contributed by atoms with Gasteiger partial charge in [0, 0.05) is 0 Å². The average Bonchev–Trinajstić information content (AvgIpc) is 3.09. The maximum Gasteiger partial charge on any atom is 0.243 e. The molecule has 2 N–H and O–H groups in total. The zero-order valence-corrected chi connectivity index (χ0v) is 13.4. The zero-order valence-electron chi connectivity index (χ0n) is 13.4. The maximum atomic E-state index is 12.2. The Morgan fingerprint density at radius 1 is 1.35 bits per heavy atom. The van der Waals surface area contributed by atoms with Gasteiger partial charge in [-0.05, 0) is 50.8 Å². The number of anilines is 1. The molecule has 1 aromatic heterocycles. The first-order valence-corrected chi connectivity index (χ1v) is 8.16. The molecular formula is C17H23N5O. The van der Waals surface area contributed by atoms with Gasteiger partial charge >= 0.3 is 0 Å². The summed E-state index contributed by atoms with van der Waals surface area (Å²) in [7, 11) is 0. The molecule has 1 atom stereocenters. The number of aromatic nitrogens is 3. The summed E-state index contributed by atoms with van der Waals surface area (Å²) in [6.07, 6.45) is 4.78. The number of likely N-dealkylation sites (tertiary alicyclic amines) is 1. The lowest BCUT2D eigenvalue weighted by molar-refractivity contribution is -0.121. The Morgan fingerprint density at radius 3 is 2.74 bits per heavy atom. The topological polar surface area (TPSA) is 73.9 Å². The Kier molecular flexibility index (Phi) is 5.02. The zero-order chi connectivity index (χ0) is 16.1. The molecule has 6 heteroatoms. The Morgan fingerprint density at radius 2 is 2.09 bits per heavy atom. The summed E-state index contributed by atoms with van der Waals surface area (Å²) in [5.74, 6) is 1.07. The number of nitrogens with zero attached hydrogens (tertiary/aromatic N) is 3. The van der Waals surface area contributed by atoms with Gasteiger partial charge in [-0.1, -0.05) is 30.3 Å². The summed E-state index contributed by atoms with van der Waals surface area (Å²) in [4.78, 5) is 18.4. The van der Waals surface area contributed by atoms with Crippen LogP contribution in [-0.4, -0.2) is 45.1 Å². The van der Waals surface area contributed by atoms with Crippen LogP contribution < -0.4 is 5.32 Å². The van der Waals surface area contributed by atoms with Gasteiger partial charge in [-0.15, -0.1) is 0 Å². The SMILES string of the molecule is CC(C(=O)Nc1ncn[nH]1)N1CCC(Cc2ccccc2)CC1. The summed E-state index contributed by atoms with van der Waals surface area (Å²) in [5, 5.41) is 9.14. The van der Waals surface area contributed by atoms with Gasteiger partial charge in [0.15, 0.2) is 0 Å². The van der Waals surface area contributed by atoms with Crippen molar-refractivity contribution in [2.24, 2.45) is 5.92 Å². The average molecular weight is 313 g/mol. The molecule has 0 radical (unpaired) electrons. The number of hydrogen-bond acceptors (Lipinski definition) is 4. The summed E-state index contributed by atoms with van der Waals surface area (Å²) in [6, 6.07) is 10.5. The molecular weight excluding hydrogens is 290 g/mol. The molecule has 1 aliphatic heterocycles. The third-order valence-corrected chi connectivity index (χ3v) is 4.60. The predicted octanol–water partition coefficient (Wildman–Crippen LogP) is 2.09. The minimum absolute atomic E-state index is 0.0386. The quantitative estimate of drug-likeness (QED) is 0.886. The van der Waals surface area contributed by atoms with E-state index in [1.807, 2.05) is 6.92 Å². The van der Waals surface area contributed by atoms with Gasteiger partial charge in [0.2, 0.25) is 11.9 Å². The molecule has 1 amide bonds. The number of carbonyl (C=O) groups is 1. The number of amides is 1. The van der Waals surface area contributed by atoms with E-state index in [0.29, 0.717) is 11.9 Å². The van der Waals surface area contributed by atoms with Crippen molar-refractivity contribution in [2.75, 3.05) is 18.4 Å². The molecule has 122 valence electrons. The Balaban J connectivity index is 1.47. The Bertz CT molecular complexity index is 605. The molecule has 0 aliphatic carbocycles. The molecule has 2 heterocycles. The summed E-state index contributed by atoms with van der Waals surface area (Å²) in [6.45, 7) is 3.87. The van der Waals surface area contributed by atoms with Crippen molar-refractivity contribution in [3.63, 3.8) is 0 Å². The maximum absolute atomic E-state index is 12.2. The van der Waals surface area contributed by atoms with Crippen LogP contribution in [-0.2, 0) is 11.2 Å².